The van der Waals surface area contributed by atoms with Crippen LogP contribution in [0.25, 0.3) is 0 Å². The van der Waals surface area contributed by atoms with E-state index in [0.29, 0.717) is 6.04 Å². The van der Waals surface area contributed by atoms with Gasteiger partial charge in [0.2, 0.25) is 0 Å². The molecule has 3 nitrogen and oxygen atoms in total. The second kappa shape index (κ2) is 5.94. The van der Waals surface area contributed by atoms with Gasteiger partial charge >= 0.3 is 0 Å². The SMILES string of the molecule is COC(c1nc(CNC(C)C)cs1)C(C)(C)C. The smallest absolute Gasteiger partial charge is 0.122 e. The second-order valence-corrected chi connectivity index (χ2v) is 6.58. The Morgan fingerprint density at radius 3 is 2.53 bits per heavy atom. The molecular weight excluding hydrogens is 232 g/mol. The van der Waals surface area contributed by atoms with E-state index in [4.69, 9.17) is 4.74 Å². The number of ether oxygens (including phenoxy) is 1. The maximum atomic E-state index is 5.57. The van der Waals surface area contributed by atoms with E-state index in [1.807, 2.05) is 0 Å². The van der Waals surface area contributed by atoms with E-state index < -0.39 is 0 Å². The number of methoxy groups -OCH3 is 1. The predicted octanol–water partition coefficient (Wildman–Crippen LogP) is 3.37. The lowest BCUT2D eigenvalue weighted by atomic mass is 9.89. The van der Waals surface area contributed by atoms with E-state index in [1.54, 1.807) is 18.4 Å². The standard InChI is InChI=1S/C13H24N2OS/c1-9(2)14-7-10-8-17-12(15-10)11(16-6)13(3,4)5/h8-9,11,14H,7H2,1-6H3. The van der Waals surface area contributed by atoms with Gasteiger partial charge in [0.25, 0.3) is 0 Å². The van der Waals surface area contributed by atoms with Crippen molar-refractivity contribution in [2.75, 3.05) is 7.11 Å². The van der Waals surface area contributed by atoms with Crippen LogP contribution in [-0.2, 0) is 11.3 Å². The molecule has 4 heteroatoms. The molecule has 1 aromatic heterocycles. The molecule has 0 aliphatic carbocycles. The average molecular weight is 256 g/mol. The van der Waals surface area contributed by atoms with Crippen LogP contribution in [0.3, 0.4) is 0 Å². The Balaban J connectivity index is 2.72. The lowest BCUT2D eigenvalue weighted by molar-refractivity contribution is 0.0149. The first-order valence-electron chi connectivity index (χ1n) is 6.05. The fraction of sp³-hybridized carbons (Fsp3) is 0.769. The van der Waals surface area contributed by atoms with Crippen molar-refractivity contribution in [3.63, 3.8) is 0 Å². The Hall–Kier alpha value is -0.450. The monoisotopic (exact) mass is 256 g/mol. The summed E-state index contributed by atoms with van der Waals surface area (Å²) in [4.78, 5) is 4.65. The van der Waals surface area contributed by atoms with Crippen LogP contribution in [0.5, 0.6) is 0 Å². The average Bonchev–Trinajstić information content (AvgIpc) is 2.62. The van der Waals surface area contributed by atoms with E-state index in [2.05, 4.69) is 50.3 Å². The van der Waals surface area contributed by atoms with Gasteiger partial charge in [-0.15, -0.1) is 11.3 Å². The van der Waals surface area contributed by atoms with Crippen molar-refractivity contribution in [2.45, 2.75) is 53.3 Å². The first-order valence-corrected chi connectivity index (χ1v) is 6.93. The van der Waals surface area contributed by atoms with Gasteiger partial charge in [-0.1, -0.05) is 34.6 Å². The van der Waals surface area contributed by atoms with Gasteiger partial charge in [-0.25, -0.2) is 4.98 Å². The van der Waals surface area contributed by atoms with Gasteiger partial charge in [0.1, 0.15) is 11.1 Å². The Labute approximate surface area is 109 Å². The molecule has 17 heavy (non-hydrogen) atoms. The van der Waals surface area contributed by atoms with Gasteiger partial charge in [-0.2, -0.15) is 0 Å². The van der Waals surface area contributed by atoms with Gasteiger partial charge < -0.3 is 10.1 Å². The summed E-state index contributed by atoms with van der Waals surface area (Å²) in [6.45, 7) is 11.6. The quantitative estimate of drug-likeness (QED) is 0.877. The summed E-state index contributed by atoms with van der Waals surface area (Å²) in [7, 11) is 1.75. The number of aromatic nitrogens is 1. The third kappa shape index (κ3) is 4.37. The van der Waals surface area contributed by atoms with E-state index in [1.165, 1.54) is 0 Å². The van der Waals surface area contributed by atoms with Crippen molar-refractivity contribution in [3.8, 4) is 0 Å². The fourth-order valence-corrected chi connectivity index (χ4v) is 2.79. The highest BCUT2D eigenvalue weighted by Gasteiger charge is 2.28. The number of hydrogen-bond acceptors (Lipinski definition) is 4. The molecule has 98 valence electrons. The molecule has 0 saturated heterocycles. The van der Waals surface area contributed by atoms with Gasteiger partial charge in [0.15, 0.2) is 0 Å². The summed E-state index contributed by atoms with van der Waals surface area (Å²) in [5.74, 6) is 0. The van der Waals surface area contributed by atoms with Crippen molar-refractivity contribution >= 4 is 11.3 Å². The molecule has 0 saturated carbocycles. The molecule has 1 unspecified atom stereocenters. The molecule has 0 spiro atoms. The number of nitrogens with zero attached hydrogens (tertiary/aromatic N) is 1. The molecule has 1 rings (SSSR count). The summed E-state index contributed by atoms with van der Waals surface area (Å²) >= 11 is 1.68. The van der Waals surface area contributed by atoms with E-state index in [0.717, 1.165) is 17.2 Å². The third-order valence-corrected chi connectivity index (χ3v) is 3.44. The van der Waals surface area contributed by atoms with E-state index >= 15 is 0 Å². The molecule has 1 N–H and O–H groups in total. The van der Waals surface area contributed by atoms with Crippen LogP contribution in [-0.4, -0.2) is 18.1 Å². The minimum absolute atomic E-state index is 0.0697. The Morgan fingerprint density at radius 1 is 1.41 bits per heavy atom. The van der Waals surface area contributed by atoms with Crippen LogP contribution in [0.4, 0.5) is 0 Å². The fourth-order valence-electron chi connectivity index (χ4n) is 1.66. The minimum atomic E-state index is 0.0697. The van der Waals surface area contributed by atoms with Crippen LogP contribution < -0.4 is 5.32 Å². The molecule has 1 aromatic rings. The van der Waals surface area contributed by atoms with Crippen molar-refractivity contribution in [1.29, 1.82) is 0 Å². The summed E-state index contributed by atoms with van der Waals surface area (Å²) in [6, 6.07) is 0.487. The molecule has 0 aliphatic rings. The largest absolute Gasteiger partial charge is 0.374 e. The van der Waals surface area contributed by atoms with Crippen LogP contribution in [0.15, 0.2) is 5.38 Å². The third-order valence-electron chi connectivity index (χ3n) is 2.51. The molecule has 0 bridgehead atoms. The first-order chi connectivity index (χ1) is 7.84. The minimum Gasteiger partial charge on any atom is -0.374 e. The maximum absolute atomic E-state index is 5.57. The molecule has 1 heterocycles. The van der Waals surface area contributed by atoms with Gasteiger partial charge in [0.05, 0.1) is 5.69 Å². The Kier molecular flexibility index (Phi) is 5.10. The van der Waals surface area contributed by atoms with Crippen molar-refractivity contribution in [3.05, 3.63) is 16.1 Å². The molecule has 0 aliphatic heterocycles. The lowest BCUT2D eigenvalue weighted by Crippen LogP contribution is -2.22. The zero-order valence-corrected chi connectivity index (χ0v) is 12.5. The second-order valence-electron chi connectivity index (χ2n) is 5.69. The van der Waals surface area contributed by atoms with Gasteiger partial charge in [0, 0.05) is 25.1 Å². The van der Waals surface area contributed by atoms with Crippen LogP contribution in [0.1, 0.15) is 51.4 Å². The number of thiazole rings is 1. The topological polar surface area (TPSA) is 34.1 Å². The van der Waals surface area contributed by atoms with Gasteiger partial charge in [-0.05, 0) is 5.41 Å². The number of hydrogen-bond donors (Lipinski definition) is 1. The summed E-state index contributed by atoms with van der Waals surface area (Å²) in [5, 5.41) is 6.56. The normalized spacial score (nSPS) is 14.3. The molecule has 0 radical (unpaired) electrons. The van der Waals surface area contributed by atoms with Crippen molar-refractivity contribution in [1.82, 2.24) is 10.3 Å². The summed E-state index contributed by atoms with van der Waals surface area (Å²) in [6.07, 6.45) is 0.0697. The highest BCUT2D eigenvalue weighted by Crippen LogP contribution is 2.36. The molecule has 0 amide bonds. The molecule has 0 fully saturated rings. The Morgan fingerprint density at radius 2 is 2.06 bits per heavy atom. The maximum Gasteiger partial charge on any atom is 0.122 e. The van der Waals surface area contributed by atoms with E-state index in [-0.39, 0.29) is 11.5 Å². The highest BCUT2D eigenvalue weighted by molar-refractivity contribution is 7.09. The summed E-state index contributed by atoms with van der Waals surface area (Å²) in [5.41, 5.74) is 1.18. The zero-order chi connectivity index (χ0) is 13.1. The van der Waals surface area contributed by atoms with Gasteiger partial charge in [-0.3, -0.25) is 0 Å². The van der Waals surface area contributed by atoms with Crippen LogP contribution in [0, 0.1) is 5.41 Å². The lowest BCUT2D eigenvalue weighted by Gasteiger charge is -2.27. The van der Waals surface area contributed by atoms with E-state index in [9.17, 15) is 0 Å². The van der Waals surface area contributed by atoms with Crippen molar-refractivity contribution in [2.24, 2.45) is 5.41 Å². The van der Waals surface area contributed by atoms with Crippen LogP contribution >= 0.6 is 11.3 Å². The summed E-state index contributed by atoms with van der Waals surface area (Å²) < 4.78 is 5.57. The molecule has 0 aromatic carbocycles. The predicted molar refractivity (Wildman–Crippen MR) is 73.3 cm³/mol. The molecule has 1 atom stereocenters. The zero-order valence-electron chi connectivity index (χ0n) is 11.7. The van der Waals surface area contributed by atoms with Crippen molar-refractivity contribution < 1.29 is 4.74 Å². The first kappa shape index (κ1) is 14.6. The molecular formula is C13H24N2OS. The van der Waals surface area contributed by atoms with Crippen LogP contribution in [0.2, 0.25) is 0 Å². The highest BCUT2D eigenvalue weighted by atomic mass is 32.1. The number of nitrogens with one attached hydrogen (secondary N) is 1. The Bertz CT molecular complexity index is 341. The number of rotatable bonds is 5.